The first-order valence-electron chi connectivity index (χ1n) is 8.27. The first-order chi connectivity index (χ1) is 8.54. The number of hydrogen-bond acceptors (Lipinski definition) is 1. The van der Waals surface area contributed by atoms with Crippen molar-refractivity contribution >= 4 is 0 Å². The van der Waals surface area contributed by atoms with Gasteiger partial charge in [-0.15, -0.1) is 0 Å². The highest BCUT2D eigenvalue weighted by atomic mass is 15.2. The maximum atomic E-state index is 2.71. The van der Waals surface area contributed by atoms with Gasteiger partial charge in [-0.25, -0.2) is 0 Å². The largest absolute Gasteiger partial charge is 0.303 e. The first-order valence-corrected chi connectivity index (χ1v) is 8.27. The molecule has 0 radical (unpaired) electrons. The van der Waals surface area contributed by atoms with Crippen molar-refractivity contribution in [2.45, 2.75) is 74.1 Å². The molecule has 110 valence electrons. The molecule has 1 heteroatoms. The predicted octanol–water partition coefficient (Wildman–Crippen LogP) is 5.21. The number of nitrogens with zero attached hydrogens (tertiary/aromatic N) is 1. The zero-order valence-corrected chi connectivity index (χ0v) is 14.1. The fourth-order valence-corrected chi connectivity index (χ4v) is 3.01. The van der Waals surface area contributed by atoms with E-state index in [0.29, 0.717) is 5.41 Å². The van der Waals surface area contributed by atoms with Crippen LogP contribution in [0.4, 0.5) is 0 Å². The van der Waals surface area contributed by atoms with Crippen molar-refractivity contribution in [1.29, 1.82) is 0 Å². The summed E-state index contributed by atoms with van der Waals surface area (Å²) in [5.74, 6) is 2.13. The Balaban J connectivity index is 0.000000659. The molecule has 0 aromatic heterocycles. The molecular formula is C17H37N. The molecule has 0 spiro atoms. The van der Waals surface area contributed by atoms with Crippen molar-refractivity contribution in [2.75, 3.05) is 19.6 Å². The van der Waals surface area contributed by atoms with Gasteiger partial charge in [-0.05, 0) is 43.1 Å². The molecule has 0 bridgehead atoms. The Hall–Kier alpha value is -0.0400. The second-order valence-corrected chi connectivity index (χ2v) is 6.52. The van der Waals surface area contributed by atoms with Gasteiger partial charge in [0.1, 0.15) is 0 Å². The molecule has 0 N–H and O–H groups in total. The van der Waals surface area contributed by atoms with E-state index in [0.717, 1.165) is 11.8 Å². The molecule has 1 nitrogen and oxygen atoms in total. The van der Waals surface area contributed by atoms with E-state index >= 15 is 0 Å². The van der Waals surface area contributed by atoms with Crippen LogP contribution in [0.1, 0.15) is 74.1 Å². The van der Waals surface area contributed by atoms with Gasteiger partial charge in [0.15, 0.2) is 0 Å². The molecule has 1 aliphatic carbocycles. The quantitative estimate of drug-likeness (QED) is 0.655. The minimum absolute atomic E-state index is 0.512. The lowest BCUT2D eigenvalue weighted by atomic mass is 9.92. The van der Waals surface area contributed by atoms with Crippen molar-refractivity contribution in [3.05, 3.63) is 0 Å². The molecule has 0 aromatic carbocycles. The molecule has 18 heavy (non-hydrogen) atoms. The van der Waals surface area contributed by atoms with Crippen LogP contribution in [-0.2, 0) is 0 Å². The number of likely N-dealkylation sites (tertiary alicyclic amines) is 1. The Bertz CT molecular complexity index is 180. The van der Waals surface area contributed by atoms with Gasteiger partial charge in [-0.2, -0.15) is 0 Å². The smallest absolute Gasteiger partial charge is 0.00129 e. The second kappa shape index (κ2) is 8.96. The summed E-state index contributed by atoms with van der Waals surface area (Å²) in [5, 5.41) is 0. The Morgan fingerprint density at radius 3 is 1.72 bits per heavy atom. The van der Waals surface area contributed by atoms with Gasteiger partial charge in [0, 0.05) is 13.1 Å². The van der Waals surface area contributed by atoms with E-state index in [2.05, 4.69) is 25.7 Å². The van der Waals surface area contributed by atoms with Gasteiger partial charge in [0.25, 0.3) is 0 Å². The Morgan fingerprint density at radius 2 is 1.33 bits per heavy atom. The molecule has 0 aromatic rings. The average Bonchev–Trinajstić information content (AvgIpc) is 2.91. The summed E-state index contributed by atoms with van der Waals surface area (Å²) in [7, 11) is 0. The van der Waals surface area contributed by atoms with E-state index in [-0.39, 0.29) is 0 Å². The van der Waals surface area contributed by atoms with E-state index in [1.165, 1.54) is 45.3 Å². The monoisotopic (exact) mass is 255 g/mol. The minimum Gasteiger partial charge on any atom is -0.303 e. The highest BCUT2D eigenvalue weighted by molar-refractivity contribution is 4.88. The van der Waals surface area contributed by atoms with Crippen LogP contribution in [0, 0.1) is 17.3 Å². The van der Waals surface area contributed by atoms with Crippen LogP contribution in [0.3, 0.4) is 0 Å². The molecule has 0 amide bonds. The van der Waals surface area contributed by atoms with E-state index < -0.39 is 0 Å². The van der Waals surface area contributed by atoms with Crippen LogP contribution in [-0.4, -0.2) is 24.5 Å². The van der Waals surface area contributed by atoms with Gasteiger partial charge in [-0.3, -0.25) is 0 Å². The van der Waals surface area contributed by atoms with E-state index in [4.69, 9.17) is 0 Å². The lowest BCUT2D eigenvalue weighted by Gasteiger charge is -2.23. The lowest BCUT2D eigenvalue weighted by molar-refractivity contribution is 0.251. The number of rotatable bonds is 2. The van der Waals surface area contributed by atoms with E-state index in [9.17, 15) is 0 Å². The maximum absolute atomic E-state index is 2.71. The molecular weight excluding hydrogens is 218 g/mol. The van der Waals surface area contributed by atoms with Crippen LogP contribution in [0.15, 0.2) is 0 Å². The maximum Gasteiger partial charge on any atom is 0.00129 e. The van der Waals surface area contributed by atoms with Gasteiger partial charge >= 0.3 is 0 Å². The molecule has 2 fully saturated rings. The third-order valence-corrected chi connectivity index (χ3v) is 3.98. The molecule has 1 saturated heterocycles. The summed E-state index contributed by atoms with van der Waals surface area (Å²) in [6.07, 6.45) is 5.88. The lowest BCUT2D eigenvalue weighted by Crippen LogP contribution is -2.26. The third-order valence-electron chi connectivity index (χ3n) is 3.98. The highest BCUT2D eigenvalue weighted by Crippen LogP contribution is 2.38. The molecule has 2 unspecified atom stereocenters. The van der Waals surface area contributed by atoms with Crippen molar-refractivity contribution in [2.24, 2.45) is 17.3 Å². The van der Waals surface area contributed by atoms with Gasteiger partial charge in [-0.1, -0.05) is 54.9 Å². The summed E-state index contributed by atoms with van der Waals surface area (Å²) < 4.78 is 0. The molecule has 2 rings (SSSR count). The average molecular weight is 255 g/mol. The second-order valence-electron chi connectivity index (χ2n) is 6.52. The van der Waals surface area contributed by atoms with Crippen LogP contribution in [0.2, 0.25) is 0 Å². The SMILES string of the molecule is CC.CC.CC(C)(C)CCN1CC2CCCC2C1. The van der Waals surface area contributed by atoms with Crippen molar-refractivity contribution < 1.29 is 0 Å². The molecule has 2 atom stereocenters. The van der Waals surface area contributed by atoms with Crippen LogP contribution in [0.5, 0.6) is 0 Å². The van der Waals surface area contributed by atoms with Gasteiger partial charge in [0.2, 0.25) is 0 Å². The third kappa shape index (κ3) is 6.22. The summed E-state index contributed by atoms with van der Waals surface area (Å²) in [5.41, 5.74) is 0.512. The summed E-state index contributed by atoms with van der Waals surface area (Å²) in [4.78, 5) is 2.71. The topological polar surface area (TPSA) is 3.24 Å². The molecule has 1 aliphatic heterocycles. The van der Waals surface area contributed by atoms with E-state index in [1.807, 2.05) is 27.7 Å². The van der Waals surface area contributed by atoms with Crippen molar-refractivity contribution in [1.82, 2.24) is 4.90 Å². The predicted molar refractivity (Wildman–Crippen MR) is 84.0 cm³/mol. The highest BCUT2D eigenvalue weighted by Gasteiger charge is 2.35. The van der Waals surface area contributed by atoms with Crippen LogP contribution < -0.4 is 0 Å². The van der Waals surface area contributed by atoms with Gasteiger partial charge < -0.3 is 4.90 Å². The molecule has 2 aliphatic rings. The van der Waals surface area contributed by atoms with E-state index in [1.54, 1.807) is 0 Å². The summed E-state index contributed by atoms with van der Waals surface area (Å²) >= 11 is 0. The summed E-state index contributed by atoms with van der Waals surface area (Å²) in [6.45, 7) is 19.2. The molecule has 1 saturated carbocycles. The fraction of sp³-hybridized carbons (Fsp3) is 1.00. The van der Waals surface area contributed by atoms with Gasteiger partial charge in [0.05, 0.1) is 0 Å². The minimum atomic E-state index is 0.512. The Labute approximate surface area is 116 Å². The Morgan fingerprint density at radius 1 is 0.889 bits per heavy atom. The number of fused-ring (bicyclic) bond motifs is 1. The van der Waals surface area contributed by atoms with Crippen molar-refractivity contribution in [3.63, 3.8) is 0 Å². The number of hydrogen-bond donors (Lipinski definition) is 0. The standard InChI is InChI=1S/C13H25N.2C2H6/c1-13(2,3)7-8-14-9-11-5-4-6-12(11)10-14;2*1-2/h11-12H,4-10H2,1-3H3;2*1-2H3. The van der Waals surface area contributed by atoms with Crippen molar-refractivity contribution in [3.8, 4) is 0 Å². The van der Waals surface area contributed by atoms with Crippen LogP contribution in [0.25, 0.3) is 0 Å². The Kier molecular flexibility index (Phi) is 8.94. The first kappa shape index (κ1) is 18.0. The molecule has 1 heterocycles. The zero-order valence-electron chi connectivity index (χ0n) is 14.1. The normalized spacial score (nSPS) is 26.8. The van der Waals surface area contributed by atoms with Crippen LogP contribution >= 0.6 is 0 Å². The zero-order chi connectivity index (χ0) is 14.2. The fourth-order valence-electron chi connectivity index (χ4n) is 3.01. The summed E-state index contributed by atoms with van der Waals surface area (Å²) in [6, 6.07) is 0.